The van der Waals surface area contributed by atoms with E-state index in [0.717, 1.165) is 25.9 Å². The smallest absolute Gasteiger partial charge is 0.253 e. The van der Waals surface area contributed by atoms with Gasteiger partial charge in [0.05, 0.1) is 0 Å². The monoisotopic (exact) mass is 318 g/mol. The maximum absolute atomic E-state index is 12.6. The molecule has 1 aromatic carbocycles. The van der Waals surface area contributed by atoms with Crippen LogP contribution in [0, 0.1) is 0 Å². The summed E-state index contributed by atoms with van der Waals surface area (Å²) >= 11 is 0. The number of benzene rings is 1. The molecule has 0 bridgehead atoms. The lowest BCUT2D eigenvalue weighted by molar-refractivity contribution is -0.116. The highest BCUT2D eigenvalue weighted by Crippen LogP contribution is 2.17. The zero-order valence-corrected chi connectivity index (χ0v) is 13.9. The second-order valence-corrected chi connectivity index (χ2v) is 6.14. The average Bonchev–Trinajstić information content (AvgIpc) is 2.54. The molecule has 1 saturated heterocycles. The number of hydrogen-bond acceptors (Lipinski definition) is 4. The van der Waals surface area contributed by atoms with E-state index in [1.54, 1.807) is 24.3 Å². The molecule has 0 aromatic heterocycles. The van der Waals surface area contributed by atoms with Crippen LogP contribution in [-0.4, -0.2) is 61.4 Å². The van der Waals surface area contributed by atoms with Gasteiger partial charge in [-0.15, -0.1) is 0 Å². The predicted molar refractivity (Wildman–Crippen MR) is 91.4 cm³/mol. The Kier molecular flexibility index (Phi) is 6.12. The van der Waals surface area contributed by atoms with E-state index in [9.17, 15) is 9.59 Å². The van der Waals surface area contributed by atoms with Gasteiger partial charge in [0, 0.05) is 43.9 Å². The van der Waals surface area contributed by atoms with Crippen LogP contribution in [0.15, 0.2) is 24.3 Å². The SMILES string of the molecule is CN1CCCC(N(C)C(=O)c2ccc(NC(=O)CCN)cc2)C1. The summed E-state index contributed by atoms with van der Waals surface area (Å²) < 4.78 is 0. The van der Waals surface area contributed by atoms with Crippen molar-refractivity contribution in [3.05, 3.63) is 29.8 Å². The van der Waals surface area contributed by atoms with E-state index in [4.69, 9.17) is 5.73 Å². The fourth-order valence-electron chi connectivity index (χ4n) is 2.88. The summed E-state index contributed by atoms with van der Waals surface area (Å²) in [5.41, 5.74) is 6.66. The summed E-state index contributed by atoms with van der Waals surface area (Å²) in [5, 5.41) is 2.76. The van der Waals surface area contributed by atoms with Crippen molar-refractivity contribution in [3.63, 3.8) is 0 Å². The molecule has 6 heteroatoms. The minimum Gasteiger partial charge on any atom is -0.337 e. The first kappa shape index (κ1) is 17.4. The van der Waals surface area contributed by atoms with E-state index in [1.165, 1.54) is 0 Å². The van der Waals surface area contributed by atoms with E-state index in [0.29, 0.717) is 24.2 Å². The zero-order chi connectivity index (χ0) is 16.8. The quantitative estimate of drug-likeness (QED) is 0.853. The number of rotatable bonds is 5. The highest BCUT2D eigenvalue weighted by molar-refractivity contribution is 5.95. The van der Waals surface area contributed by atoms with Gasteiger partial charge in [-0.2, -0.15) is 0 Å². The molecule has 6 nitrogen and oxygen atoms in total. The molecule has 1 aliphatic heterocycles. The highest BCUT2D eigenvalue weighted by Gasteiger charge is 2.25. The molecule has 0 aliphatic carbocycles. The standard InChI is InChI=1S/C17H26N4O2/c1-20-11-3-4-15(12-20)21(2)17(23)13-5-7-14(8-6-13)19-16(22)9-10-18/h5-8,15H,3-4,9-12,18H2,1-2H3,(H,19,22). The summed E-state index contributed by atoms with van der Waals surface area (Å²) in [4.78, 5) is 28.2. The Labute approximate surface area is 137 Å². The summed E-state index contributed by atoms with van der Waals surface area (Å²) in [6.45, 7) is 2.33. The molecule has 1 aliphatic rings. The van der Waals surface area contributed by atoms with Crippen LogP contribution in [0.25, 0.3) is 0 Å². The lowest BCUT2D eigenvalue weighted by atomic mass is 10.0. The van der Waals surface area contributed by atoms with Crippen molar-refractivity contribution in [2.75, 3.05) is 39.0 Å². The fourth-order valence-corrected chi connectivity index (χ4v) is 2.88. The van der Waals surface area contributed by atoms with Crippen molar-refractivity contribution >= 4 is 17.5 Å². The van der Waals surface area contributed by atoms with Crippen molar-refractivity contribution in [3.8, 4) is 0 Å². The number of carbonyl (C=O) groups excluding carboxylic acids is 2. The number of amides is 2. The topological polar surface area (TPSA) is 78.7 Å². The summed E-state index contributed by atoms with van der Waals surface area (Å²) in [5.74, 6) is -0.0981. The van der Waals surface area contributed by atoms with Crippen LogP contribution in [0.4, 0.5) is 5.69 Å². The summed E-state index contributed by atoms with van der Waals surface area (Å²) in [6, 6.07) is 7.27. The third-order valence-corrected chi connectivity index (χ3v) is 4.25. The van der Waals surface area contributed by atoms with Gasteiger partial charge in [0.25, 0.3) is 5.91 Å². The molecule has 3 N–H and O–H groups in total. The molecule has 1 unspecified atom stereocenters. The summed E-state index contributed by atoms with van der Waals surface area (Å²) in [6.07, 6.45) is 2.45. The molecule has 2 rings (SSSR count). The summed E-state index contributed by atoms with van der Waals surface area (Å²) in [7, 11) is 3.95. The number of nitrogens with zero attached hydrogens (tertiary/aromatic N) is 2. The van der Waals surface area contributed by atoms with Crippen LogP contribution in [0.3, 0.4) is 0 Å². The molecule has 126 valence electrons. The third kappa shape index (κ3) is 4.77. The van der Waals surface area contributed by atoms with Crippen LogP contribution >= 0.6 is 0 Å². The fraction of sp³-hybridized carbons (Fsp3) is 0.529. The van der Waals surface area contributed by atoms with E-state index in [2.05, 4.69) is 17.3 Å². The van der Waals surface area contributed by atoms with Gasteiger partial charge in [0.2, 0.25) is 5.91 Å². The lowest BCUT2D eigenvalue weighted by Gasteiger charge is -2.35. The maximum Gasteiger partial charge on any atom is 0.253 e. The van der Waals surface area contributed by atoms with Gasteiger partial charge in [-0.25, -0.2) is 0 Å². The van der Waals surface area contributed by atoms with Crippen LogP contribution < -0.4 is 11.1 Å². The first-order valence-corrected chi connectivity index (χ1v) is 8.07. The molecular formula is C17H26N4O2. The van der Waals surface area contributed by atoms with Crippen LogP contribution in [-0.2, 0) is 4.79 Å². The number of likely N-dealkylation sites (N-methyl/N-ethyl adjacent to an activating group) is 2. The van der Waals surface area contributed by atoms with E-state index in [-0.39, 0.29) is 17.9 Å². The molecule has 2 amide bonds. The average molecular weight is 318 g/mol. The second-order valence-electron chi connectivity index (χ2n) is 6.14. The first-order chi connectivity index (χ1) is 11.0. The molecule has 1 aromatic rings. The number of nitrogens with two attached hydrogens (primary N) is 1. The Morgan fingerprint density at radius 3 is 2.65 bits per heavy atom. The molecular weight excluding hydrogens is 292 g/mol. The first-order valence-electron chi connectivity index (χ1n) is 8.07. The third-order valence-electron chi connectivity index (χ3n) is 4.25. The van der Waals surface area contributed by atoms with Gasteiger partial charge >= 0.3 is 0 Å². The maximum atomic E-state index is 12.6. The highest BCUT2D eigenvalue weighted by atomic mass is 16.2. The number of anilines is 1. The normalized spacial score (nSPS) is 18.5. The molecule has 0 saturated carbocycles. The van der Waals surface area contributed by atoms with Crippen LogP contribution in [0.2, 0.25) is 0 Å². The number of carbonyl (C=O) groups is 2. The van der Waals surface area contributed by atoms with E-state index in [1.807, 2.05) is 11.9 Å². The Hall–Kier alpha value is -1.92. The van der Waals surface area contributed by atoms with Crippen molar-refractivity contribution in [2.24, 2.45) is 5.73 Å². The van der Waals surface area contributed by atoms with Gasteiger partial charge in [0.15, 0.2) is 0 Å². The van der Waals surface area contributed by atoms with Crippen molar-refractivity contribution in [1.29, 1.82) is 0 Å². The van der Waals surface area contributed by atoms with Gasteiger partial charge in [-0.1, -0.05) is 0 Å². The minimum atomic E-state index is -0.117. The minimum absolute atomic E-state index is 0.0186. The van der Waals surface area contributed by atoms with Gasteiger partial charge in [-0.05, 0) is 50.7 Å². The van der Waals surface area contributed by atoms with Crippen molar-refractivity contribution < 1.29 is 9.59 Å². The van der Waals surface area contributed by atoms with E-state index >= 15 is 0 Å². The van der Waals surface area contributed by atoms with Crippen LogP contribution in [0.5, 0.6) is 0 Å². The Bertz CT molecular complexity index is 544. The Morgan fingerprint density at radius 2 is 2.04 bits per heavy atom. The largest absolute Gasteiger partial charge is 0.337 e. The predicted octanol–water partition coefficient (Wildman–Crippen LogP) is 1.14. The lowest BCUT2D eigenvalue weighted by Crippen LogP contribution is -2.47. The van der Waals surface area contributed by atoms with Gasteiger partial charge in [0.1, 0.15) is 0 Å². The molecule has 0 radical (unpaired) electrons. The number of hydrogen-bond donors (Lipinski definition) is 2. The molecule has 1 fully saturated rings. The molecule has 23 heavy (non-hydrogen) atoms. The number of nitrogens with one attached hydrogen (secondary N) is 1. The van der Waals surface area contributed by atoms with Gasteiger partial charge in [-0.3, -0.25) is 9.59 Å². The van der Waals surface area contributed by atoms with Crippen LogP contribution in [0.1, 0.15) is 29.6 Å². The Morgan fingerprint density at radius 1 is 1.35 bits per heavy atom. The van der Waals surface area contributed by atoms with E-state index < -0.39 is 0 Å². The second kappa shape index (κ2) is 8.08. The molecule has 0 spiro atoms. The number of likely N-dealkylation sites (tertiary alicyclic amines) is 1. The van der Waals surface area contributed by atoms with Crippen molar-refractivity contribution in [1.82, 2.24) is 9.80 Å². The Balaban J connectivity index is 1.97. The zero-order valence-electron chi connectivity index (χ0n) is 13.9. The van der Waals surface area contributed by atoms with Gasteiger partial charge < -0.3 is 20.9 Å². The van der Waals surface area contributed by atoms with Crippen molar-refractivity contribution in [2.45, 2.75) is 25.3 Å². The molecule has 1 heterocycles. The molecule has 1 atom stereocenters. The number of piperidine rings is 1.